The van der Waals surface area contributed by atoms with Gasteiger partial charge in [-0.3, -0.25) is 4.79 Å². The first-order chi connectivity index (χ1) is 10.1. The van der Waals surface area contributed by atoms with Gasteiger partial charge >= 0.3 is 0 Å². The fourth-order valence-electron chi connectivity index (χ4n) is 1.91. The number of methoxy groups -OCH3 is 1. The largest absolute Gasteiger partial charge is 0.482 e. The Morgan fingerprint density at radius 2 is 2.14 bits per heavy atom. The van der Waals surface area contributed by atoms with Crippen molar-refractivity contribution in [3.05, 3.63) is 29.8 Å². The lowest BCUT2D eigenvalue weighted by Crippen LogP contribution is -2.43. The van der Waals surface area contributed by atoms with E-state index in [9.17, 15) is 4.79 Å². The van der Waals surface area contributed by atoms with Gasteiger partial charge in [-0.25, -0.2) is 0 Å². The van der Waals surface area contributed by atoms with Crippen LogP contribution in [0.25, 0.3) is 0 Å². The summed E-state index contributed by atoms with van der Waals surface area (Å²) in [6.45, 7) is 4.98. The lowest BCUT2D eigenvalue weighted by Gasteiger charge is -2.28. The molecule has 114 valence electrons. The second-order valence-electron chi connectivity index (χ2n) is 4.73. The molecule has 0 saturated carbocycles. The molecule has 0 radical (unpaired) electrons. The molecule has 0 bridgehead atoms. The van der Waals surface area contributed by atoms with Crippen molar-refractivity contribution >= 4 is 5.91 Å². The van der Waals surface area contributed by atoms with Crippen LogP contribution in [0.3, 0.4) is 0 Å². The molecule has 5 nitrogen and oxygen atoms in total. The van der Waals surface area contributed by atoms with Crippen LogP contribution < -0.4 is 4.74 Å². The molecule has 0 heterocycles. The quantitative estimate of drug-likeness (QED) is 0.736. The number of rotatable bonds is 8. The Bertz CT molecular complexity index is 497. The van der Waals surface area contributed by atoms with Crippen molar-refractivity contribution in [1.82, 2.24) is 4.90 Å². The number of ether oxygens (including phenoxy) is 2. The van der Waals surface area contributed by atoms with E-state index >= 15 is 0 Å². The summed E-state index contributed by atoms with van der Waals surface area (Å²) in [6, 6.07) is 9.06. The van der Waals surface area contributed by atoms with Gasteiger partial charge in [0.15, 0.2) is 6.61 Å². The first-order valence-corrected chi connectivity index (χ1v) is 7.04. The molecule has 1 unspecified atom stereocenters. The molecule has 21 heavy (non-hydrogen) atoms. The van der Waals surface area contributed by atoms with Crippen LogP contribution in [-0.2, 0) is 9.53 Å². The molecule has 0 spiro atoms. The van der Waals surface area contributed by atoms with E-state index in [1.54, 1.807) is 36.3 Å². The summed E-state index contributed by atoms with van der Waals surface area (Å²) in [7, 11) is 1.61. The van der Waals surface area contributed by atoms with Crippen LogP contribution in [0.15, 0.2) is 24.3 Å². The Hall–Kier alpha value is -2.06. The van der Waals surface area contributed by atoms with Crippen LogP contribution >= 0.6 is 0 Å². The number of nitrogens with zero attached hydrogens (tertiary/aromatic N) is 2. The molecule has 0 aromatic heterocycles. The molecule has 1 aromatic rings. The highest BCUT2D eigenvalue weighted by molar-refractivity contribution is 5.78. The molecule has 0 saturated heterocycles. The number of benzene rings is 1. The molecular formula is C16H22N2O3. The summed E-state index contributed by atoms with van der Waals surface area (Å²) in [5, 5.41) is 8.99. The van der Waals surface area contributed by atoms with Gasteiger partial charge in [0.2, 0.25) is 0 Å². The number of nitriles is 1. The van der Waals surface area contributed by atoms with Crippen LogP contribution in [0.4, 0.5) is 0 Å². The first kappa shape index (κ1) is 17.0. The van der Waals surface area contributed by atoms with Crippen LogP contribution in [0, 0.1) is 11.3 Å². The van der Waals surface area contributed by atoms with Crippen LogP contribution in [-0.4, -0.2) is 43.7 Å². The van der Waals surface area contributed by atoms with Crippen LogP contribution in [0.5, 0.6) is 5.75 Å². The third kappa shape index (κ3) is 5.09. The minimum atomic E-state index is -0.103. The number of carbonyl (C=O) groups excluding carboxylic acids is 1. The maximum atomic E-state index is 12.3. The van der Waals surface area contributed by atoms with Crippen LogP contribution in [0.2, 0.25) is 0 Å². The maximum Gasteiger partial charge on any atom is 0.260 e. The van der Waals surface area contributed by atoms with E-state index in [1.165, 1.54) is 0 Å². The van der Waals surface area contributed by atoms with Gasteiger partial charge in [-0.05, 0) is 25.5 Å². The average molecular weight is 290 g/mol. The highest BCUT2D eigenvalue weighted by Crippen LogP contribution is 2.16. The Morgan fingerprint density at radius 1 is 1.43 bits per heavy atom. The summed E-state index contributed by atoms with van der Waals surface area (Å²) in [6.07, 6.45) is 0.865. The molecule has 0 fully saturated rings. The zero-order valence-electron chi connectivity index (χ0n) is 12.8. The van der Waals surface area contributed by atoms with E-state index in [1.807, 2.05) is 19.9 Å². The molecule has 1 aromatic carbocycles. The van der Waals surface area contributed by atoms with Gasteiger partial charge < -0.3 is 14.4 Å². The molecule has 1 atom stereocenters. The summed E-state index contributed by atoms with van der Waals surface area (Å²) in [4.78, 5) is 14.0. The number of amides is 1. The summed E-state index contributed by atoms with van der Waals surface area (Å²) in [5.74, 6) is 0.332. The molecule has 0 aliphatic carbocycles. The van der Waals surface area contributed by atoms with Crippen molar-refractivity contribution in [3.63, 3.8) is 0 Å². The highest BCUT2D eigenvalue weighted by atomic mass is 16.5. The van der Waals surface area contributed by atoms with E-state index in [0.717, 1.165) is 6.42 Å². The molecule has 0 aliphatic heterocycles. The lowest BCUT2D eigenvalue weighted by molar-refractivity contribution is -0.136. The number of hydrogen-bond acceptors (Lipinski definition) is 4. The molecule has 5 heteroatoms. The molecule has 0 N–H and O–H groups in total. The van der Waals surface area contributed by atoms with Gasteiger partial charge in [-0.1, -0.05) is 19.1 Å². The SMILES string of the molecule is CCC(C)N(CCOC)C(=O)COc1ccccc1C#N. The standard InChI is InChI=1S/C16H22N2O3/c1-4-13(2)18(9-10-20-3)16(19)12-21-15-8-6-5-7-14(15)11-17/h5-8,13H,4,9-10,12H2,1-3H3. The van der Waals surface area contributed by atoms with Crippen LogP contribution in [0.1, 0.15) is 25.8 Å². The van der Waals surface area contributed by atoms with Crippen molar-refractivity contribution < 1.29 is 14.3 Å². The summed E-state index contributed by atoms with van der Waals surface area (Å²) in [5.41, 5.74) is 0.428. The van der Waals surface area contributed by atoms with Crippen molar-refractivity contribution in [1.29, 1.82) is 5.26 Å². The molecule has 0 aliphatic rings. The number of carbonyl (C=O) groups is 1. The van der Waals surface area contributed by atoms with E-state index in [0.29, 0.717) is 24.5 Å². The Kier molecular flexibility index (Phi) is 7.27. The lowest BCUT2D eigenvalue weighted by atomic mass is 10.2. The minimum absolute atomic E-state index is 0.0766. The minimum Gasteiger partial charge on any atom is -0.482 e. The Balaban J connectivity index is 2.67. The monoisotopic (exact) mass is 290 g/mol. The van der Waals surface area contributed by atoms with Crippen molar-refractivity contribution in [2.75, 3.05) is 26.9 Å². The zero-order chi connectivity index (χ0) is 15.7. The average Bonchev–Trinajstić information content (AvgIpc) is 2.53. The zero-order valence-corrected chi connectivity index (χ0v) is 12.8. The van der Waals surface area contributed by atoms with E-state index in [-0.39, 0.29) is 18.6 Å². The van der Waals surface area contributed by atoms with E-state index in [4.69, 9.17) is 14.7 Å². The molecule has 1 rings (SSSR count). The second-order valence-corrected chi connectivity index (χ2v) is 4.73. The molecule has 1 amide bonds. The predicted molar refractivity (Wildman–Crippen MR) is 80.0 cm³/mol. The van der Waals surface area contributed by atoms with Crippen molar-refractivity contribution in [2.24, 2.45) is 0 Å². The summed E-state index contributed by atoms with van der Waals surface area (Å²) < 4.78 is 10.5. The smallest absolute Gasteiger partial charge is 0.260 e. The van der Waals surface area contributed by atoms with E-state index < -0.39 is 0 Å². The van der Waals surface area contributed by atoms with Gasteiger partial charge in [0, 0.05) is 19.7 Å². The molecular weight excluding hydrogens is 268 g/mol. The third-order valence-corrected chi connectivity index (χ3v) is 3.34. The van der Waals surface area contributed by atoms with Gasteiger partial charge in [0.25, 0.3) is 5.91 Å². The van der Waals surface area contributed by atoms with E-state index in [2.05, 4.69) is 0 Å². The fraction of sp³-hybridized carbons (Fsp3) is 0.500. The normalized spacial score (nSPS) is 11.5. The van der Waals surface area contributed by atoms with Gasteiger partial charge in [-0.2, -0.15) is 5.26 Å². The van der Waals surface area contributed by atoms with Crippen molar-refractivity contribution in [3.8, 4) is 11.8 Å². The van der Waals surface area contributed by atoms with Crippen molar-refractivity contribution in [2.45, 2.75) is 26.3 Å². The topological polar surface area (TPSA) is 62.6 Å². The second kappa shape index (κ2) is 8.98. The Labute approximate surface area is 126 Å². The summed E-state index contributed by atoms with van der Waals surface area (Å²) >= 11 is 0. The van der Waals surface area contributed by atoms with Gasteiger partial charge in [0.05, 0.1) is 12.2 Å². The van der Waals surface area contributed by atoms with Gasteiger partial charge in [-0.15, -0.1) is 0 Å². The highest BCUT2D eigenvalue weighted by Gasteiger charge is 2.19. The fourth-order valence-corrected chi connectivity index (χ4v) is 1.91. The van der Waals surface area contributed by atoms with Gasteiger partial charge in [0.1, 0.15) is 11.8 Å². The first-order valence-electron chi connectivity index (χ1n) is 7.04. The Morgan fingerprint density at radius 3 is 2.76 bits per heavy atom. The maximum absolute atomic E-state index is 12.3. The number of para-hydroxylation sites is 1. The number of hydrogen-bond donors (Lipinski definition) is 0. The third-order valence-electron chi connectivity index (χ3n) is 3.34. The predicted octanol–water partition coefficient (Wildman–Crippen LogP) is 2.21.